The summed E-state index contributed by atoms with van der Waals surface area (Å²) in [7, 11) is 1.30. The maximum Gasteiger partial charge on any atom is 0.330 e. The predicted molar refractivity (Wildman–Crippen MR) is 66.8 cm³/mol. The lowest BCUT2D eigenvalue weighted by Gasteiger charge is -1.98. The Kier molecular flexibility index (Phi) is 7.66. The van der Waals surface area contributed by atoms with Gasteiger partial charge in [-0.15, -0.1) is 6.42 Å². The van der Waals surface area contributed by atoms with Crippen LogP contribution in [0.15, 0.2) is 47.1 Å². The highest BCUT2D eigenvalue weighted by atomic mass is 35.5. The van der Waals surface area contributed by atoms with E-state index in [2.05, 4.69) is 10.7 Å². The van der Waals surface area contributed by atoms with Crippen LogP contribution in [-0.2, 0) is 9.53 Å². The van der Waals surface area contributed by atoms with E-state index in [1.165, 1.54) is 24.8 Å². The Morgan fingerprint density at radius 3 is 2.56 bits per heavy atom. The van der Waals surface area contributed by atoms with Gasteiger partial charge >= 0.3 is 5.97 Å². The van der Waals surface area contributed by atoms with Crippen LogP contribution < -0.4 is 0 Å². The first-order valence-corrected chi connectivity index (χ1v) is 4.99. The number of rotatable bonds is 4. The molecule has 0 aromatic heterocycles. The number of methoxy groups -OCH3 is 1. The second kappa shape index (κ2) is 8.58. The van der Waals surface area contributed by atoms with Gasteiger partial charge in [0.05, 0.1) is 7.11 Å². The van der Waals surface area contributed by atoms with Gasteiger partial charge in [0.25, 0.3) is 0 Å². The molecule has 0 N–H and O–H groups in total. The average Bonchev–Trinajstić information content (AvgIpc) is 2.32. The van der Waals surface area contributed by atoms with E-state index in [-0.39, 0.29) is 0 Å². The van der Waals surface area contributed by atoms with Gasteiger partial charge in [-0.05, 0) is 19.1 Å². The third kappa shape index (κ3) is 5.23. The largest absolute Gasteiger partial charge is 0.466 e. The Hall–Kier alpha value is -1.72. The lowest BCUT2D eigenvalue weighted by Crippen LogP contribution is -1.94. The predicted octanol–water partition coefficient (Wildman–Crippen LogP) is 2.97. The zero-order chi connectivity index (χ0) is 12.4. The van der Waals surface area contributed by atoms with E-state index < -0.39 is 5.97 Å². The SMILES string of the molecule is C#CC(=C/C=C\C)/C(/C=C/C(=O)OC)=C/Cl. The van der Waals surface area contributed by atoms with E-state index in [4.69, 9.17) is 18.0 Å². The van der Waals surface area contributed by atoms with Crippen molar-refractivity contribution in [1.82, 2.24) is 0 Å². The van der Waals surface area contributed by atoms with E-state index in [1.807, 2.05) is 13.0 Å². The fourth-order valence-corrected chi connectivity index (χ4v) is 1.02. The molecule has 0 aromatic rings. The third-order valence-electron chi connectivity index (χ3n) is 1.64. The van der Waals surface area contributed by atoms with Crippen LogP contribution in [0.5, 0.6) is 0 Å². The van der Waals surface area contributed by atoms with Crippen molar-refractivity contribution < 1.29 is 9.53 Å². The van der Waals surface area contributed by atoms with Crippen molar-refractivity contribution in [3.8, 4) is 12.3 Å². The summed E-state index contributed by atoms with van der Waals surface area (Å²) in [4.78, 5) is 10.9. The molecule has 0 amide bonds. The Bertz CT molecular complexity index is 393. The quantitative estimate of drug-likeness (QED) is 0.325. The summed E-state index contributed by atoms with van der Waals surface area (Å²) >= 11 is 5.62. The first kappa shape index (κ1) is 14.3. The van der Waals surface area contributed by atoms with Gasteiger partial charge < -0.3 is 4.74 Å². The molecule has 3 heteroatoms. The molecule has 0 spiro atoms. The van der Waals surface area contributed by atoms with Crippen LogP contribution in [0, 0.1) is 12.3 Å². The van der Waals surface area contributed by atoms with Crippen molar-refractivity contribution in [2.45, 2.75) is 6.92 Å². The monoisotopic (exact) mass is 236 g/mol. The van der Waals surface area contributed by atoms with E-state index in [0.717, 1.165) is 0 Å². The normalized spacial score (nSPS) is 13.1. The first-order chi connectivity index (χ1) is 7.69. The first-order valence-electron chi connectivity index (χ1n) is 4.56. The van der Waals surface area contributed by atoms with Gasteiger partial charge in [0.15, 0.2) is 0 Å². The lowest BCUT2D eigenvalue weighted by molar-refractivity contribution is -0.134. The molecule has 0 heterocycles. The summed E-state index contributed by atoms with van der Waals surface area (Å²) in [6, 6.07) is 0. The minimum absolute atomic E-state index is 0.460. The summed E-state index contributed by atoms with van der Waals surface area (Å²) in [6.45, 7) is 1.87. The maximum atomic E-state index is 10.9. The molecule has 0 fully saturated rings. The van der Waals surface area contributed by atoms with Gasteiger partial charge in [0.1, 0.15) is 0 Å². The molecule has 2 nitrogen and oxygen atoms in total. The zero-order valence-electron chi connectivity index (χ0n) is 9.24. The number of ether oxygens (including phenoxy) is 1. The fraction of sp³-hybridized carbons (Fsp3) is 0.154. The van der Waals surface area contributed by atoms with E-state index in [9.17, 15) is 4.79 Å². The number of hydrogen-bond acceptors (Lipinski definition) is 2. The van der Waals surface area contributed by atoms with Gasteiger partial charge in [-0.1, -0.05) is 29.7 Å². The molecule has 0 unspecified atom stereocenters. The number of carbonyl (C=O) groups is 1. The molecule has 0 atom stereocenters. The molecule has 0 saturated heterocycles. The highest BCUT2D eigenvalue weighted by Gasteiger charge is 1.98. The van der Waals surface area contributed by atoms with Crippen LogP contribution in [0.1, 0.15) is 6.92 Å². The summed E-state index contributed by atoms with van der Waals surface area (Å²) in [5.74, 6) is 2.02. The molecule has 16 heavy (non-hydrogen) atoms. The number of allylic oxidation sites excluding steroid dienone is 6. The van der Waals surface area contributed by atoms with Crippen molar-refractivity contribution in [3.05, 3.63) is 47.1 Å². The van der Waals surface area contributed by atoms with Crippen molar-refractivity contribution in [2.24, 2.45) is 0 Å². The third-order valence-corrected chi connectivity index (χ3v) is 1.87. The Morgan fingerprint density at radius 1 is 1.44 bits per heavy atom. The van der Waals surface area contributed by atoms with Crippen LogP contribution in [0.4, 0.5) is 0 Å². The number of halogens is 1. The number of hydrogen-bond donors (Lipinski definition) is 0. The summed E-state index contributed by atoms with van der Waals surface area (Å²) in [5.41, 5.74) is 2.48. The molecule has 84 valence electrons. The van der Waals surface area contributed by atoms with Crippen molar-refractivity contribution in [2.75, 3.05) is 7.11 Å². The topological polar surface area (TPSA) is 26.3 Å². The van der Waals surface area contributed by atoms with Crippen molar-refractivity contribution in [3.63, 3.8) is 0 Å². The highest BCUT2D eigenvalue weighted by molar-refractivity contribution is 6.26. The molecule has 0 saturated carbocycles. The Morgan fingerprint density at radius 2 is 2.12 bits per heavy atom. The van der Waals surface area contributed by atoms with Crippen LogP contribution in [-0.4, -0.2) is 13.1 Å². The number of esters is 1. The molecule has 0 aliphatic carbocycles. The average molecular weight is 237 g/mol. The van der Waals surface area contributed by atoms with Crippen LogP contribution in [0.3, 0.4) is 0 Å². The van der Waals surface area contributed by atoms with Gasteiger partial charge in [-0.2, -0.15) is 0 Å². The Balaban J connectivity index is 4.95. The van der Waals surface area contributed by atoms with Gasteiger partial charge in [0.2, 0.25) is 0 Å². The molecule has 0 aliphatic heterocycles. The van der Waals surface area contributed by atoms with Crippen LogP contribution >= 0.6 is 11.6 Å². The standard InChI is InChI=1S/C13H13ClO2/c1-4-6-7-11(5-2)12(10-14)8-9-13(15)16-3/h2,4,6-10H,1,3H3/b6-4-,9-8+,11-7-,12-10+. The second-order valence-electron chi connectivity index (χ2n) is 2.67. The minimum atomic E-state index is -0.460. The Labute approximate surface area is 101 Å². The van der Waals surface area contributed by atoms with Gasteiger partial charge in [-0.25, -0.2) is 4.79 Å². The van der Waals surface area contributed by atoms with E-state index >= 15 is 0 Å². The maximum absolute atomic E-state index is 10.9. The smallest absolute Gasteiger partial charge is 0.330 e. The minimum Gasteiger partial charge on any atom is -0.466 e. The fourth-order valence-electron chi connectivity index (χ4n) is 0.831. The molecular weight excluding hydrogens is 224 g/mol. The molecule has 0 rings (SSSR count). The molecule has 0 aromatic carbocycles. The second-order valence-corrected chi connectivity index (χ2v) is 2.89. The van der Waals surface area contributed by atoms with Crippen LogP contribution in [0.25, 0.3) is 0 Å². The zero-order valence-corrected chi connectivity index (χ0v) is 9.99. The van der Waals surface area contributed by atoms with Crippen molar-refractivity contribution >= 4 is 17.6 Å². The number of carbonyl (C=O) groups excluding carboxylic acids is 1. The summed E-state index contributed by atoms with van der Waals surface area (Å²) in [5, 5.41) is 0. The number of terminal acetylenes is 1. The van der Waals surface area contributed by atoms with Crippen LogP contribution in [0.2, 0.25) is 0 Å². The molecule has 0 bridgehead atoms. The molecule has 0 radical (unpaired) electrons. The lowest BCUT2D eigenvalue weighted by atomic mass is 10.1. The highest BCUT2D eigenvalue weighted by Crippen LogP contribution is 2.12. The molecular formula is C13H13ClO2. The van der Waals surface area contributed by atoms with E-state index in [0.29, 0.717) is 11.1 Å². The van der Waals surface area contributed by atoms with E-state index in [1.54, 1.807) is 12.2 Å². The van der Waals surface area contributed by atoms with Gasteiger partial charge in [-0.3, -0.25) is 0 Å². The summed E-state index contributed by atoms with van der Waals surface area (Å²) < 4.78 is 4.46. The van der Waals surface area contributed by atoms with Crippen molar-refractivity contribution in [1.29, 1.82) is 0 Å². The summed E-state index contributed by atoms with van der Waals surface area (Å²) in [6.07, 6.45) is 13.5. The van der Waals surface area contributed by atoms with Gasteiger partial charge in [0, 0.05) is 22.8 Å². The molecule has 0 aliphatic rings.